The fourth-order valence-electron chi connectivity index (χ4n) is 4.51. The first kappa shape index (κ1) is 21.5. The number of rotatable bonds is 6. The molecule has 1 aliphatic heterocycles. The van der Waals surface area contributed by atoms with Gasteiger partial charge in [-0.05, 0) is 43.9 Å². The molecule has 1 aromatic heterocycles. The first-order valence-electron chi connectivity index (χ1n) is 11.2. The van der Waals surface area contributed by atoms with Crippen molar-refractivity contribution in [1.29, 1.82) is 0 Å². The molecule has 1 unspecified atom stereocenters. The summed E-state index contributed by atoms with van der Waals surface area (Å²) in [6.45, 7) is 4.39. The quantitative estimate of drug-likeness (QED) is 0.565. The molecule has 1 aromatic carbocycles. The number of nitrogens with zero attached hydrogens (tertiary/aromatic N) is 5. The van der Waals surface area contributed by atoms with Crippen molar-refractivity contribution in [2.45, 2.75) is 57.5 Å². The number of benzene rings is 1. The lowest BCUT2D eigenvalue weighted by atomic mass is 9.98. The van der Waals surface area contributed by atoms with E-state index in [4.69, 9.17) is 14.5 Å². The number of hydrogen-bond donors (Lipinski definition) is 1. The molecule has 0 radical (unpaired) electrons. The van der Waals surface area contributed by atoms with E-state index < -0.39 is 0 Å². The van der Waals surface area contributed by atoms with Gasteiger partial charge in [-0.1, -0.05) is 12.8 Å². The lowest BCUT2D eigenvalue weighted by molar-refractivity contribution is 0.392. The highest BCUT2D eigenvalue weighted by atomic mass is 16.5. The predicted octanol–water partition coefficient (Wildman–Crippen LogP) is 3.02. The number of aliphatic imine (C=N–C) groups is 1. The highest BCUT2D eigenvalue weighted by molar-refractivity contribution is 5.80. The monoisotopic (exact) mass is 426 g/mol. The Morgan fingerprint density at radius 2 is 1.81 bits per heavy atom. The molecule has 0 bridgehead atoms. The predicted molar refractivity (Wildman–Crippen MR) is 121 cm³/mol. The summed E-state index contributed by atoms with van der Waals surface area (Å²) in [5.74, 6) is 4.87. The third kappa shape index (κ3) is 4.94. The van der Waals surface area contributed by atoms with Crippen LogP contribution in [0.4, 0.5) is 0 Å². The minimum Gasteiger partial charge on any atom is -0.497 e. The molecule has 31 heavy (non-hydrogen) atoms. The topological polar surface area (TPSA) is 76.8 Å². The molecule has 0 spiro atoms. The summed E-state index contributed by atoms with van der Waals surface area (Å²) in [5, 5.41) is 12.2. The van der Waals surface area contributed by atoms with Crippen molar-refractivity contribution >= 4 is 5.96 Å². The number of nitrogens with one attached hydrogen (secondary N) is 1. The SMILES string of the molecule is COc1cc(OC)cc(C2CCN(C(=NCc3nnc(C)n3C)NC3CCCC3)C2)c1. The molecule has 2 heterocycles. The van der Waals surface area contributed by atoms with Crippen molar-refractivity contribution in [3.8, 4) is 11.5 Å². The minimum atomic E-state index is 0.414. The second-order valence-electron chi connectivity index (χ2n) is 8.57. The summed E-state index contributed by atoms with van der Waals surface area (Å²) < 4.78 is 13.0. The van der Waals surface area contributed by atoms with E-state index in [-0.39, 0.29) is 0 Å². The van der Waals surface area contributed by atoms with Crippen LogP contribution in [0.2, 0.25) is 0 Å². The number of likely N-dealkylation sites (tertiary alicyclic amines) is 1. The first-order chi connectivity index (χ1) is 15.1. The summed E-state index contributed by atoms with van der Waals surface area (Å²) in [6, 6.07) is 6.68. The van der Waals surface area contributed by atoms with E-state index in [1.54, 1.807) is 14.2 Å². The van der Waals surface area contributed by atoms with E-state index in [1.807, 2.05) is 24.6 Å². The standard InChI is InChI=1S/C23H34N6O2/c1-16-26-27-22(28(16)2)14-24-23(25-19-7-5-6-8-19)29-10-9-17(15-29)18-11-20(30-3)13-21(12-18)31-4/h11-13,17,19H,5-10,14-15H2,1-4H3,(H,24,25). The molecule has 4 rings (SSSR count). The van der Waals surface area contributed by atoms with Gasteiger partial charge in [0.05, 0.1) is 14.2 Å². The van der Waals surface area contributed by atoms with Crippen molar-refractivity contribution in [2.75, 3.05) is 27.3 Å². The van der Waals surface area contributed by atoms with Gasteiger partial charge in [0, 0.05) is 38.2 Å². The lowest BCUT2D eigenvalue weighted by Gasteiger charge is -2.25. The molecule has 1 aliphatic carbocycles. The van der Waals surface area contributed by atoms with Gasteiger partial charge in [-0.25, -0.2) is 4.99 Å². The fourth-order valence-corrected chi connectivity index (χ4v) is 4.51. The van der Waals surface area contributed by atoms with Gasteiger partial charge in [0.15, 0.2) is 11.8 Å². The molecule has 8 nitrogen and oxygen atoms in total. The molecule has 2 aliphatic rings. The largest absolute Gasteiger partial charge is 0.497 e. The molecule has 168 valence electrons. The summed E-state index contributed by atoms with van der Waals surface area (Å²) in [6.07, 6.45) is 6.09. The normalized spacial score (nSPS) is 19.8. The number of aromatic nitrogens is 3. The number of aryl methyl sites for hydroxylation is 1. The molecule has 2 fully saturated rings. The molecular weight excluding hydrogens is 392 g/mol. The molecule has 1 atom stereocenters. The highest BCUT2D eigenvalue weighted by Gasteiger charge is 2.29. The van der Waals surface area contributed by atoms with Crippen molar-refractivity contribution < 1.29 is 9.47 Å². The van der Waals surface area contributed by atoms with Crippen LogP contribution in [-0.4, -0.2) is 59.0 Å². The highest BCUT2D eigenvalue weighted by Crippen LogP contribution is 2.33. The smallest absolute Gasteiger partial charge is 0.194 e. The average Bonchev–Trinajstić information content (AvgIpc) is 3.54. The second-order valence-corrected chi connectivity index (χ2v) is 8.57. The van der Waals surface area contributed by atoms with Crippen LogP contribution >= 0.6 is 0 Å². The second kappa shape index (κ2) is 9.58. The van der Waals surface area contributed by atoms with Crippen molar-refractivity contribution in [3.05, 3.63) is 35.4 Å². The van der Waals surface area contributed by atoms with E-state index in [1.165, 1.54) is 31.2 Å². The van der Waals surface area contributed by atoms with Crippen LogP contribution in [0.3, 0.4) is 0 Å². The Hall–Kier alpha value is -2.77. The Bertz CT molecular complexity index is 897. The minimum absolute atomic E-state index is 0.414. The third-order valence-corrected chi connectivity index (χ3v) is 6.57. The van der Waals surface area contributed by atoms with Crippen LogP contribution in [0.5, 0.6) is 11.5 Å². The van der Waals surface area contributed by atoms with Gasteiger partial charge in [-0.3, -0.25) is 0 Å². The third-order valence-electron chi connectivity index (χ3n) is 6.57. The van der Waals surface area contributed by atoms with Crippen LogP contribution in [0.25, 0.3) is 0 Å². The van der Waals surface area contributed by atoms with E-state index >= 15 is 0 Å². The van der Waals surface area contributed by atoms with Crippen LogP contribution in [-0.2, 0) is 13.6 Å². The van der Waals surface area contributed by atoms with Gasteiger partial charge in [-0.2, -0.15) is 0 Å². The summed E-state index contributed by atoms with van der Waals surface area (Å²) in [4.78, 5) is 7.36. The fraction of sp³-hybridized carbons (Fsp3) is 0.609. The maximum absolute atomic E-state index is 5.48. The van der Waals surface area contributed by atoms with Crippen molar-refractivity contribution in [1.82, 2.24) is 25.0 Å². The summed E-state index contributed by atoms with van der Waals surface area (Å²) in [5.41, 5.74) is 1.25. The van der Waals surface area contributed by atoms with E-state index in [2.05, 4.69) is 32.5 Å². The Morgan fingerprint density at radius 3 is 2.42 bits per heavy atom. The van der Waals surface area contributed by atoms with Crippen LogP contribution in [0, 0.1) is 6.92 Å². The Morgan fingerprint density at radius 1 is 1.10 bits per heavy atom. The Kier molecular flexibility index (Phi) is 6.63. The summed E-state index contributed by atoms with van der Waals surface area (Å²) >= 11 is 0. The van der Waals surface area contributed by atoms with Crippen molar-refractivity contribution in [3.63, 3.8) is 0 Å². The van der Waals surface area contributed by atoms with Gasteiger partial charge in [0.25, 0.3) is 0 Å². The van der Waals surface area contributed by atoms with Crippen molar-refractivity contribution in [2.24, 2.45) is 12.0 Å². The number of ether oxygens (including phenoxy) is 2. The van der Waals surface area contributed by atoms with Crippen LogP contribution in [0.15, 0.2) is 23.2 Å². The van der Waals surface area contributed by atoms with Crippen LogP contribution < -0.4 is 14.8 Å². The molecule has 8 heteroatoms. The molecule has 2 aromatic rings. The Balaban J connectivity index is 1.51. The summed E-state index contributed by atoms with van der Waals surface area (Å²) in [7, 11) is 5.39. The first-order valence-corrected chi connectivity index (χ1v) is 11.2. The van der Waals surface area contributed by atoms with E-state index in [0.717, 1.165) is 48.6 Å². The van der Waals surface area contributed by atoms with Gasteiger partial charge in [-0.15, -0.1) is 10.2 Å². The number of guanidine groups is 1. The molecular formula is C23H34N6O2. The molecule has 0 amide bonds. The maximum atomic E-state index is 5.48. The molecule has 1 saturated carbocycles. The lowest BCUT2D eigenvalue weighted by Crippen LogP contribution is -2.44. The number of hydrogen-bond acceptors (Lipinski definition) is 5. The average molecular weight is 427 g/mol. The molecule has 1 saturated heterocycles. The number of methoxy groups -OCH3 is 2. The van der Waals surface area contributed by atoms with Gasteiger partial charge >= 0.3 is 0 Å². The molecule has 1 N–H and O–H groups in total. The van der Waals surface area contributed by atoms with Gasteiger partial charge < -0.3 is 24.3 Å². The zero-order valence-corrected chi connectivity index (χ0v) is 19.1. The van der Waals surface area contributed by atoms with Gasteiger partial charge in [0.1, 0.15) is 23.9 Å². The van der Waals surface area contributed by atoms with Crippen LogP contribution in [0.1, 0.15) is 55.2 Å². The maximum Gasteiger partial charge on any atom is 0.194 e. The van der Waals surface area contributed by atoms with Gasteiger partial charge in [0.2, 0.25) is 0 Å². The van der Waals surface area contributed by atoms with E-state index in [9.17, 15) is 0 Å². The zero-order valence-electron chi connectivity index (χ0n) is 19.1. The van der Waals surface area contributed by atoms with E-state index in [0.29, 0.717) is 18.5 Å². The Labute approximate surface area is 184 Å². The zero-order chi connectivity index (χ0) is 21.8.